The second-order valence-corrected chi connectivity index (χ2v) is 7.56. The number of aryl methyl sites for hydroxylation is 2. The smallest absolute Gasteiger partial charge is 0.180 e. The van der Waals surface area contributed by atoms with Gasteiger partial charge in [-0.25, -0.2) is 4.98 Å². The lowest BCUT2D eigenvalue weighted by atomic mass is 10.2. The van der Waals surface area contributed by atoms with E-state index in [0.29, 0.717) is 17.1 Å². The molecular weight excluding hydrogens is 372 g/mol. The third-order valence-electron chi connectivity index (χ3n) is 4.55. The van der Waals surface area contributed by atoms with E-state index in [2.05, 4.69) is 15.1 Å². The number of H-pyrrole nitrogens is 1. The summed E-state index contributed by atoms with van der Waals surface area (Å²) in [6.45, 7) is 5.73. The topological polar surface area (TPSA) is 76.7 Å². The van der Waals surface area contributed by atoms with Gasteiger partial charge < -0.3 is 9.51 Å². The van der Waals surface area contributed by atoms with Gasteiger partial charge in [0, 0.05) is 23.0 Å². The highest BCUT2D eigenvalue weighted by molar-refractivity contribution is 7.99. The van der Waals surface area contributed by atoms with Crippen LogP contribution in [0.2, 0.25) is 0 Å². The van der Waals surface area contributed by atoms with Gasteiger partial charge in [-0.3, -0.25) is 9.36 Å². The number of hydrogen-bond donors (Lipinski definition) is 1. The maximum absolute atomic E-state index is 12.8. The molecule has 0 radical (unpaired) electrons. The van der Waals surface area contributed by atoms with Crippen LogP contribution in [0, 0.1) is 20.8 Å². The van der Waals surface area contributed by atoms with Crippen LogP contribution in [0.25, 0.3) is 17.1 Å². The Kier molecular flexibility index (Phi) is 4.92. The number of aromatic nitrogens is 4. The number of carbonyl (C=O) groups excluding carboxylic acids is 1. The van der Waals surface area contributed by atoms with Crippen molar-refractivity contribution < 1.29 is 9.32 Å². The molecule has 0 saturated heterocycles. The monoisotopic (exact) mass is 392 g/mol. The quantitative estimate of drug-likeness (QED) is 0.378. The normalized spacial score (nSPS) is 11.1. The molecule has 3 aromatic heterocycles. The first kappa shape index (κ1) is 18.3. The van der Waals surface area contributed by atoms with E-state index in [1.54, 1.807) is 6.20 Å². The Bertz CT molecular complexity index is 1120. The molecule has 0 unspecified atom stereocenters. The fraction of sp³-hybridized carbons (Fsp3) is 0.190. The summed E-state index contributed by atoms with van der Waals surface area (Å²) in [4.78, 5) is 20.4. The molecule has 4 aromatic rings. The molecule has 7 heteroatoms. The van der Waals surface area contributed by atoms with Gasteiger partial charge in [0.2, 0.25) is 0 Å². The summed E-state index contributed by atoms with van der Waals surface area (Å²) >= 11 is 1.40. The minimum atomic E-state index is 0.0576. The highest BCUT2D eigenvalue weighted by atomic mass is 32.2. The number of imidazole rings is 1. The van der Waals surface area contributed by atoms with Crippen molar-refractivity contribution >= 4 is 17.5 Å². The number of hydrogen-bond acceptors (Lipinski definition) is 5. The first-order valence-corrected chi connectivity index (χ1v) is 9.90. The molecule has 0 atom stereocenters. The molecule has 0 spiro atoms. The van der Waals surface area contributed by atoms with Gasteiger partial charge in [0.05, 0.1) is 17.6 Å². The Labute approximate surface area is 167 Å². The van der Waals surface area contributed by atoms with Crippen LogP contribution in [-0.2, 0) is 0 Å². The lowest BCUT2D eigenvalue weighted by Gasteiger charge is -2.05. The van der Waals surface area contributed by atoms with Crippen LogP contribution < -0.4 is 0 Å². The molecule has 0 aliphatic rings. The Morgan fingerprint density at radius 3 is 2.68 bits per heavy atom. The van der Waals surface area contributed by atoms with E-state index in [0.717, 1.165) is 33.6 Å². The molecule has 6 nitrogen and oxygen atoms in total. The molecule has 0 saturated carbocycles. The van der Waals surface area contributed by atoms with Crippen molar-refractivity contribution in [2.45, 2.75) is 25.9 Å². The van der Waals surface area contributed by atoms with E-state index in [1.165, 1.54) is 11.8 Å². The summed E-state index contributed by atoms with van der Waals surface area (Å²) in [6, 6.07) is 13.8. The molecular formula is C21H20N4O2S. The Balaban J connectivity index is 1.48. The molecule has 142 valence electrons. The average Bonchev–Trinajstić information content (AvgIpc) is 3.40. The van der Waals surface area contributed by atoms with Gasteiger partial charge in [-0.2, -0.15) is 0 Å². The molecule has 0 amide bonds. The van der Waals surface area contributed by atoms with Crippen LogP contribution in [0.1, 0.15) is 27.5 Å². The number of carbonyl (C=O) groups is 1. The Morgan fingerprint density at radius 1 is 1.18 bits per heavy atom. The van der Waals surface area contributed by atoms with Crippen molar-refractivity contribution in [1.82, 2.24) is 19.7 Å². The zero-order chi connectivity index (χ0) is 19.7. The van der Waals surface area contributed by atoms with E-state index in [9.17, 15) is 4.79 Å². The van der Waals surface area contributed by atoms with E-state index in [1.807, 2.05) is 67.8 Å². The predicted molar refractivity (Wildman–Crippen MR) is 109 cm³/mol. The number of nitrogens with zero attached hydrogens (tertiary/aromatic N) is 3. The molecule has 0 aliphatic carbocycles. The molecule has 0 aliphatic heterocycles. The molecule has 0 bridgehead atoms. The first-order chi connectivity index (χ1) is 13.5. The first-order valence-electron chi connectivity index (χ1n) is 8.92. The van der Waals surface area contributed by atoms with Gasteiger partial charge in [0.1, 0.15) is 5.76 Å². The fourth-order valence-electron chi connectivity index (χ4n) is 3.21. The van der Waals surface area contributed by atoms with Gasteiger partial charge >= 0.3 is 0 Å². The second kappa shape index (κ2) is 7.52. The number of thioether (sulfide) groups is 1. The largest absolute Gasteiger partial charge is 0.360 e. The number of rotatable bonds is 6. The van der Waals surface area contributed by atoms with Crippen LogP contribution in [0.5, 0.6) is 0 Å². The number of Topliss-reactive ketones (excluding diaryl/α,β-unsaturated/α-hetero) is 1. The lowest BCUT2D eigenvalue weighted by Crippen LogP contribution is -2.06. The summed E-state index contributed by atoms with van der Waals surface area (Å²) in [5.74, 6) is 1.79. The third-order valence-corrected chi connectivity index (χ3v) is 5.44. The standard InChI is InChI=1S/C21H20N4O2S/c1-13-9-17(15(3)25(13)20-10-14(2)27-24-20)19(26)12-28-21-22-11-18(23-21)16-7-5-4-6-8-16/h4-11H,12H2,1-3H3,(H,22,23). The van der Waals surface area contributed by atoms with E-state index < -0.39 is 0 Å². The zero-order valence-electron chi connectivity index (χ0n) is 15.9. The molecule has 1 aromatic carbocycles. The van der Waals surface area contributed by atoms with Crippen LogP contribution in [0.15, 0.2) is 58.3 Å². The summed E-state index contributed by atoms with van der Waals surface area (Å²) in [6.07, 6.45) is 1.79. The highest BCUT2D eigenvalue weighted by Crippen LogP contribution is 2.25. The van der Waals surface area contributed by atoms with Gasteiger partial charge in [0.25, 0.3) is 0 Å². The fourth-order valence-corrected chi connectivity index (χ4v) is 3.94. The van der Waals surface area contributed by atoms with Crippen molar-refractivity contribution in [2.24, 2.45) is 0 Å². The second-order valence-electron chi connectivity index (χ2n) is 6.60. The van der Waals surface area contributed by atoms with Crippen LogP contribution in [0.4, 0.5) is 0 Å². The van der Waals surface area contributed by atoms with E-state index >= 15 is 0 Å². The molecule has 28 heavy (non-hydrogen) atoms. The number of ketones is 1. The molecule has 0 fully saturated rings. The third kappa shape index (κ3) is 3.53. The number of benzene rings is 1. The summed E-state index contributed by atoms with van der Waals surface area (Å²) in [5, 5.41) is 4.79. The van der Waals surface area contributed by atoms with Crippen molar-refractivity contribution in [3.63, 3.8) is 0 Å². The molecule has 4 rings (SSSR count). The molecule has 1 N–H and O–H groups in total. The Hall–Kier alpha value is -3.06. The molecule has 3 heterocycles. The number of nitrogens with one attached hydrogen (secondary N) is 1. The van der Waals surface area contributed by atoms with Crippen molar-refractivity contribution in [3.05, 3.63) is 71.4 Å². The van der Waals surface area contributed by atoms with Crippen LogP contribution >= 0.6 is 11.8 Å². The van der Waals surface area contributed by atoms with Gasteiger partial charge in [-0.15, -0.1) is 0 Å². The van der Waals surface area contributed by atoms with Gasteiger partial charge in [-0.1, -0.05) is 47.3 Å². The number of aromatic amines is 1. The van der Waals surface area contributed by atoms with E-state index in [4.69, 9.17) is 4.52 Å². The van der Waals surface area contributed by atoms with Crippen molar-refractivity contribution in [1.29, 1.82) is 0 Å². The lowest BCUT2D eigenvalue weighted by molar-refractivity contribution is 0.102. The van der Waals surface area contributed by atoms with Crippen LogP contribution in [0.3, 0.4) is 0 Å². The van der Waals surface area contributed by atoms with Gasteiger partial charge in [-0.05, 0) is 32.4 Å². The summed E-state index contributed by atoms with van der Waals surface area (Å²) < 4.78 is 7.11. The predicted octanol–water partition coefficient (Wildman–Crippen LogP) is 4.76. The SMILES string of the molecule is Cc1cc(-n2c(C)cc(C(=O)CSc3ncc(-c4ccccc4)[nH]3)c2C)no1. The van der Waals surface area contributed by atoms with Crippen LogP contribution in [-0.4, -0.2) is 31.2 Å². The minimum Gasteiger partial charge on any atom is -0.360 e. The average molecular weight is 392 g/mol. The van der Waals surface area contributed by atoms with Gasteiger partial charge in [0.15, 0.2) is 16.8 Å². The maximum atomic E-state index is 12.8. The van der Waals surface area contributed by atoms with E-state index in [-0.39, 0.29) is 5.78 Å². The van der Waals surface area contributed by atoms with Crippen molar-refractivity contribution in [2.75, 3.05) is 5.75 Å². The highest BCUT2D eigenvalue weighted by Gasteiger charge is 2.19. The zero-order valence-corrected chi connectivity index (χ0v) is 16.7. The summed E-state index contributed by atoms with van der Waals surface area (Å²) in [5.41, 5.74) is 4.51. The Morgan fingerprint density at radius 2 is 1.96 bits per heavy atom. The maximum Gasteiger partial charge on any atom is 0.180 e. The van der Waals surface area contributed by atoms with Crippen molar-refractivity contribution in [3.8, 4) is 17.1 Å². The minimum absolute atomic E-state index is 0.0576. The summed E-state index contributed by atoms with van der Waals surface area (Å²) in [7, 11) is 0.